The summed E-state index contributed by atoms with van der Waals surface area (Å²) in [5.74, 6) is 0.158. The van der Waals surface area contributed by atoms with Crippen LogP contribution in [0.4, 0.5) is 8.78 Å². The smallest absolute Gasteiger partial charge is 0.319 e. The predicted octanol–water partition coefficient (Wildman–Crippen LogP) is 3.97. The number of nitrogens with one attached hydrogen (secondary N) is 1. The maximum Gasteiger partial charge on any atom is 0.319 e. The Kier molecular flexibility index (Phi) is 5.60. The van der Waals surface area contributed by atoms with Gasteiger partial charge in [-0.05, 0) is 37.3 Å². The highest BCUT2D eigenvalue weighted by molar-refractivity contribution is 7.14. The summed E-state index contributed by atoms with van der Waals surface area (Å²) in [6.45, 7) is -2.31. The van der Waals surface area contributed by atoms with Crippen LogP contribution >= 0.6 is 11.3 Å². The topological polar surface area (TPSA) is 46.9 Å². The van der Waals surface area contributed by atoms with Gasteiger partial charge >= 0.3 is 6.55 Å². The molecule has 130 valence electrons. The van der Waals surface area contributed by atoms with E-state index in [0.29, 0.717) is 6.54 Å². The van der Waals surface area contributed by atoms with Gasteiger partial charge in [0.05, 0.1) is 4.88 Å². The van der Waals surface area contributed by atoms with E-state index in [4.69, 9.17) is 0 Å². The van der Waals surface area contributed by atoms with Crippen LogP contribution in [-0.2, 0) is 19.3 Å². The molecule has 0 radical (unpaired) electrons. The van der Waals surface area contributed by atoms with Gasteiger partial charge in [0.15, 0.2) is 0 Å². The molecule has 4 nitrogen and oxygen atoms in total. The number of alkyl halides is 2. The zero-order chi connectivity index (χ0) is 16.9. The first kappa shape index (κ1) is 17.1. The summed E-state index contributed by atoms with van der Waals surface area (Å²) in [6, 6.07) is 2.00. The first-order valence-corrected chi connectivity index (χ1v) is 9.16. The van der Waals surface area contributed by atoms with Crippen molar-refractivity contribution in [1.29, 1.82) is 0 Å². The van der Waals surface area contributed by atoms with Gasteiger partial charge in [0.1, 0.15) is 5.82 Å². The second-order valence-electron chi connectivity index (χ2n) is 6.01. The molecule has 1 aliphatic rings. The van der Waals surface area contributed by atoms with Crippen molar-refractivity contribution >= 4 is 17.2 Å². The fraction of sp³-hybridized carbons (Fsp3) is 0.529. The van der Waals surface area contributed by atoms with Gasteiger partial charge in [0, 0.05) is 30.2 Å². The van der Waals surface area contributed by atoms with Crippen LogP contribution in [0, 0.1) is 0 Å². The van der Waals surface area contributed by atoms with Gasteiger partial charge in [-0.25, -0.2) is 4.98 Å². The summed E-state index contributed by atoms with van der Waals surface area (Å²) in [4.78, 5) is 18.3. The van der Waals surface area contributed by atoms with Crippen LogP contribution in [-0.4, -0.2) is 22.0 Å². The Morgan fingerprint density at radius 2 is 2.08 bits per heavy atom. The molecule has 0 atom stereocenters. The van der Waals surface area contributed by atoms with Crippen LogP contribution in [0.2, 0.25) is 0 Å². The molecule has 1 N–H and O–H groups in total. The highest BCUT2D eigenvalue weighted by Gasteiger charge is 2.16. The average Bonchev–Trinajstić information content (AvgIpc) is 3.14. The first-order chi connectivity index (χ1) is 11.6. The number of carbonyl (C=O) groups is 1. The van der Waals surface area contributed by atoms with Gasteiger partial charge < -0.3 is 5.32 Å². The standard InChI is InChI=1S/C17H21F2N3OS/c18-17(19)22-10-9-20-15(22)7-8-21-16(23)14-11-12-5-3-1-2-4-6-13(12)24-14/h9-11,17H,1-8H2,(H,21,23). The van der Waals surface area contributed by atoms with Crippen LogP contribution in [0.25, 0.3) is 0 Å². The van der Waals surface area contributed by atoms with Crippen molar-refractivity contribution in [3.05, 3.63) is 39.6 Å². The maximum atomic E-state index is 12.7. The number of nitrogens with zero attached hydrogens (tertiary/aromatic N) is 2. The molecule has 2 aromatic heterocycles. The van der Waals surface area contributed by atoms with Gasteiger partial charge in [-0.1, -0.05) is 12.8 Å². The second kappa shape index (κ2) is 7.88. The minimum Gasteiger partial charge on any atom is -0.351 e. The van der Waals surface area contributed by atoms with Crippen LogP contribution < -0.4 is 5.32 Å². The zero-order valence-corrected chi connectivity index (χ0v) is 14.2. The van der Waals surface area contributed by atoms with E-state index in [0.717, 1.165) is 22.3 Å². The molecule has 1 amide bonds. The van der Waals surface area contributed by atoms with Gasteiger partial charge in [-0.2, -0.15) is 8.78 Å². The van der Waals surface area contributed by atoms with E-state index < -0.39 is 6.55 Å². The fourth-order valence-corrected chi connectivity index (χ4v) is 4.22. The number of aryl methyl sites for hydroxylation is 2. The predicted molar refractivity (Wildman–Crippen MR) is 89.7 cm³/mol. The molecule has 0 aliphatic heterocycles. The number of halogens is 2. The largest absolute Gasteiger partial charge is 0.351 e. The van der Waals surface area contributed by atoms with Crippen LogP contribution in [0.1, 0.15) is 58.2 Å². The molecule has 3 rings (SSSR count). The Balaban J connectivity index is 1.57. The zero-order valence-electron chi connectivity index (χ0n) is 13.4. The molecule has 2 heterocycles. The molecule has 0 bridgehead atoms. The van der Waals surface area contributed by atoms with Crippen molar-refractivity contribution in [2.45, 2.75) is 51.5 Å². The van der Waals surface area contributed by atoms with E-state index in [1.165, 1.54) is 48.5 Å². The lowest BCUT2D eigenvalue weighted by atomic mass is 10.00. The number of hydrogen-bond donors (Lipinski definition) is 1. The Morgan fingerprint density at radius 3 is 2.88 bits per heavy atom. The van der Waals surface area contributed by atoms with E-state index in [1.54, 1.807) is 11.3 Å². The molecular formula is C17H21F2N3OS. The Morgan fingerprint density at radius 1 is 1.29 bits per heavy atom. The number of fused-ring (bicyclic) bond motifs is 1. The number of rotatable bonds is 5. The maximum absolute atomic E-state index is 12.7. The molecule has 0 saturated heterocycles. The summed E-state index contributed by atoms with van der Waals surface area (Å²) in [5.41, 5.74) is 1.30. The SMILES string of the molecule is O=C(NCCc1nccn1C(F)F)c1cc2c(s1)CCCCCC2. The van der Waals surface area contributed by atoms with Gasteiger partial charge in [-0.15, -0.1) is 11.3 Å². The lowest BCUT2D eigenvalue weighted by Crippen LogP contribution is -2.25. The number of hydrogen-bond acceptors (Lipinski definition) is 3. The van der Waals surface area contributed by atoms with Gasteiger partial charge in [-0.3, -0.25) is 9.36 Å². The molecular weight excluding hydrogens is 332 g/mol. The molecule has 7 heteroatoms. The normalized spacial score (nSPS) is 15.0. The Hall–Kier alpha value is -1.76. The summed E-state index contributed by atoms with van der Waals surface area (Å²) < 4.78 is 26.3. The first-order valence-electron chi connectivity index (χ1n) is 8.35. The third kappa shape index (κ3) is 4.01. The highest BCUT2D eigenvalue weighted by Crippen LogP contribution is 2.28. The molecule has 1 aliphatic carbocycles. The molecule has 2 aromatic rings. The van der Waals surface area contributed by atoms with E-state index in [9.17, 15) is 13.6 Å². The van der Waals surface area contributed by atoms with Gasteiger partial charge in [0.2, 0.25) is 0 Å². The van der Waals surface area contributed by atoms with Crippen molar-refractivity contribution in [3.8, 4) is 0 Å². The lowest BCUT2D eigenvalue weighted by Gasteiger charge is -2.07. The minimum absolute atomic E-state index is 0.123. The third-order valence-electron chi connectivity index (χ3n) is 4.31. The summed E-state index contributed by atoms with van der Waals surface area (Å²) in [7, 11) is 0. The van der Waals surface area contributed by atoms with E-state index in [2.05, 4.69) is 10.3 Å². The number of aromatic nitrogens is 2. The summed E-state index contributed by atoms with van der Waals surface area (Å²) in [5, 5.41) is 2.82. The molecule has 0 spiro atoms. The van der Waals surface area contributed by atoms with Crippen molar-refractivity contribution in [2.75, 3.05) is 6.54 Å². The van der Waals surface area contributed by atoms with E-state index >= 15 is 0 Å². The number of carbonyl (C=O) groups excluding carboxylic acids is 1. The summed E-state index contributed by atoms with van der Waals surface area (Å²) >= 11 is 1.57. The minimum atomic E-state index is -2.60. The molecule has 0 saturated carbocycles. The number of amides is 1. The van der Waals surface area contributed by atoms with E-state index in [1.807, 2.05) is 6.07 Å². The van der Waals surface area contributed by atoms with E-state index in [-0.39, 0.29) is 18.2 Å². The van der Waals surface area contributed by atoms with Gasteiger partial charge in [0.25, 0.3) is 5.91 Å². The van der Waals surface area contributed by atoms with Crippen LogP contribution in [0.15, 0.2) is 18.5 Å². The van der Waals surface area contributed by atoms with Crippen LogP contribution in [0.5, 0.6) is 0 Å². The Labute approximate surface area is 143 Å². The number of imidazole rings is 1. The number of thiophene rings is 1. The monoisotopic (exact) mass is 353 g/mol. The fourth-order valence-electron chi connectivity index (χ4n) is 3.05. The molecule has 0 fully saturated rings. The van der Waals surface area contributed by atoms with Crippen molar-refractivity contribution < 1.29 is 13.6 Å². The molecule has 0 aromatic carbocycles. The summed E-state index contributed by atoms with van der Waals surface area (Å²) in [6.07, 6.45) is 9.87. The van der Waals surface area contributed by atoms with Crippen molar-refractivity contribution in [1.82, 2.24) is 14.9 Å². The second-order valence-corrected chi connectivity index (χ2v) is 7.14. The quantitative estimate of drug-likeness (QED) is 0.884. The Bertz CT molecular complexity index is 670. The molecule has 0 unspecified atom stereocenters. The third-order valence-corrected chi connectivity index (χ3v) is 5.55. The lowest BCUT2D eigenvalue weighted by molar-refractivity contribution is 0.0670. The van der Waals surface area contributed by atoms with Crippen molar-refractivity contribution in [3.63, 3.8) is 0 Å². The van der Waals surface area contributed by atoms with Crippen LogP contribution in [0.3, 0.4) is 0 Å². The average molecular weight is 353 g/mol. The molecule has 24 heavy (non-hydrogen) atoms. The highest BCUT2D eigenvalue weighted by atomic mass is 32.1. The van der Waals surface area contributed by atoms with Crippen molar-refractivity contribution in [2.24, 2.45) is 0 Å².